The molecular weight excluding hydrogens is 433 g/mol. The molecule has 0 fully saturated rings. The summed E-state index contributed by atoms with van der Waals surface area (Å²) in [5, 5.41) is 6.68. The third kappa shape index (κ3) is 5.37. The first-order valence-corrected chi connectivity index (χ1v) is 10.4. The van der Waals surface area contributed by atoms with Crippen LogP contribution in [0.2, 0.25) is 10.0 Å². The van der Waals surface area contributed by atoms with Gasteiger partial charge in [-0.2, -0.15) is 0 Å². The van der Waals surface area contributed by atoms with Gasteiger partial charge >= 0.3 is 0 Å². The summed E-state index contributed by atoms with van der Waals surface area (Å²) in [5.41, 5.74) is 4.65. The number of hydrogen-bond acceptors (Lipinski definition) is 3. The molecule has 5 nitrogen and oxygen atoms in total. The molecule has 3 aromatic rings. The van der Waals surface area contributed by atoms with Crippen molar-refractivity contribution < 1.29 is 9.59 Å². The smallest absolute Gasteiger partial charge is 0.256 e. The first-order chi connectivity index (χ1) is 14.8. The van der Waals surface area contributed by atoms with E-state index in [-0.39, 0.29) is 12.5 Å². The van der Waals surface area contributed by atoms with Crippen LogP contribution in [0.25, 0.3) is 0 Å². The first kappa shape index (κ1) is 22.7. The van der Waals surface area contributed by atoms with Crippen LogP contribution >= 0.6 is 23.2 Å². The quantitative estimate of drug-likeness (QED) is 0.474. The van der Waals surface area contributed by atoms with Crippen molar-refractivity contribution in [2.24, 2.45) is 0 Å². The molecule has 31 heavy (non-hydrogen) atoms. The minimum Gasteiger partial charge on any atom is -0.355 e. The topological polar surface area (TPSA) is 61.4 Å². The second kappa shape index (κ2) is 9.86. The normalized spacial score (nSPS) is 10.5. The van der Waals surface area contributed by atoms with Crippen molar-refractivity contribution in [2.45, 2.75) is 13.8 Å². The van der Waals surface area contributed by atoms with Gasteiger partial charge in [-0.1, -0.05) is 53.5 Å². The molecular formula is C24H23Cl2N3O2. The standard InChI is InChI=1S/C24H23Cl2N3O2/c1-15-8-6-13-20(16(15)2)27-21-12-5-4-9-17(21)24(31)29(3)14-22(30)28-23-18(25)10-7-11-19(23)26/h4-13,27H,14H2,1-3H3,(H,28,30). The monoisotopic (exact) mass is 455 g/mol. The molecule has 0 aliphatic carbocycles. The van der Waals surface area contributed by atoms with Crippen LogP contribution < -0.4 is 10.6 Å². The molecule has 0 bridgehead atoms. The molecule has 0 spiro atoms. The van der Waals surface area contributed by atoms with E-state index in [0.717, 1.165) is 16.8 Å². The van der Waals surface area contributed by atoms with Gasteiger partial charge in [0.1, 0.15) is 0 Å². The van der Waals surface area contributed by atoms with Gasteiger partial charge < -0.3 is 15.5 Å². The van der Waals surface area contributed by atoms with Crippen molar-refractivity contribution in [1.82, 2.24) is 4.90 Å². The zero-order valence-electron chi connectivity index (χ0n) is 17.5. The van der Waals surface area contributed by atoms with Gasteiger partial charge in [-0.3, -0.25) is 9.59 Å². The van der Waals surface area contributed by atoms with Crippen molar-refractivity contribution >= 4 is 52.1 Å². The number of nitrogens with one attached hydrogen (secondary N) is 2. The SMILES string of the molecule is Cc1cccc(Nc2ccccc2C(=O)N(C)CC(=O)Nc2c(Cl)cccc2Cl)c1C. The Kier molecular flexibility index (Phi) is 7.21. The highest BCUT2D eigenvalue weighted by molar-refractivity contribution is 6.39. The number of halogens is 2. The number of anilines is 3. The molecule has 0 saturated heterocycles. The van der Waals surface area contributed by atoms with Crippen molar-refractivity contribution in [3.05, 3.63) is 87.4 Å². The molecule has 160 valence electrons. The number of amides is 2. The van der Waals surface area contributed by atoms with E-state index < -0.39 is 5.91 Å². The Labute approximate surface area is 192 Å². The van der Waals surface area contributed by atoms with Gasteiger partial charge in [0.2, 0.25) is 5.91 Å². The summed E-state index contributed by atoms with van der Waals surface area (Å²) in [6, 6.07) is 18.1. The summed E-state index contributed by atoms with van der Waals surface area (Å²) in [7, 11) is 1.57. The number of para-hydroxylation sites is 2. The number of carbonyl (C=O) groups excluding carboxylic acids is 2. The Morgan fingerprint density at radius 3 is 2.19 bits per heavy atom. The number of hydrogen-bond donors (Lipinski definition) is 2. The van der Waals surface area contributed by atoms with E-state index in [2.05, 4.69) is 10.6 Å². The largest absolute Gasteiger partial charge is 0.355 e. The third-order valence-electron chi connectivity index (χ3n) is 4.99. The lowest BCUT2D eigenvalue weighted by atomic mass is 10.1. The Morgan fingerprint density at radius 2 is 1.48 bits per heavy atom. The van der Waals surface area contributed by atoms with Crippen LogP contribution in [0.1, 0.15) is 21.5 Å². The van der Waals surface area contributed by atoms with E-state index in [1.54, 1.807) is 37.4 Å². The van der Waals surface area contributed by atoms with Crippen molar-refractivity contribution in [3.8, 4) is 0 Å². The summed E-state index contributed by atoms with van der Waals surface area (Å²) >= 11 is 12.2. The minimum absolute atomic E-state index is 0.155. The van der Waals surface area contributed by atoms with Crippen LogP contribution in [0.15, 0.2) is 60.7 Å². The first-order valence-electron chi connectivity index (χ1n) is 9.69. The predicted molar refractivity (Wildman–Crippen MR) is 128 cm³/mol. The molecule has 0 radical (unpaired) electrons. The fourth-order valence-electron chi connectivity index (χ4n) is 3.10. The number of aryl methyl sites for hydroxylation is 1. The van der Waals surface area contributed by atoms with Crippen LogP contribution in [0.3, 0.4) is 0 Å². The van der Waals surface area contributed by atoms with Gasteiger partial charge in [0, 0.05) is 12.7 Å². The van der Waals surface area contributed by atoms with Crippen molar-refractivity contribution in [3.63, 3.8) is 0 Å². The molecule has 3 aromatic carbocycles. The fraction of sp³-hybridized carbons (Fsp3) is 0.167. The number of rotatable bonds is 6. The molecule has 2 amide bonds. The maximum atomic E-state index is 13.1. The third-order valence-corrected chi connectivity index (χ3v) is 5.62. The molecule has 0 aromatic heterocycles. The number of benzene rings is 3. The lowest BCUT2D eigenvalue weighted by Gasteiger charge is -2.20. The van der Waals surface area contributed by atoms with Gasteiger partial charge in [-0.15, -0.1) is 0 Å². The summed E-state index contributed by atoms with van der Waals surface area (Å²) in [6.45, 7) is 3.91. The van der Waals surface area contributed by atoms with E-state index in [1.807, 2.05) is 44.2 Å². The zero-order chi connectivity index (χ0) is 22.5. The van der Waals surface area contributed by atoms with E-state index in [1.165, 1.54) is 4.90 Å². The van der Waals surface area contributed by atoms with Crippen LogP contribution in [-0.2, 0) is 4.79 Å². The molecule has 0 aliphatic heterocycles. The van der Waals surface area contributed by atoms with Gasteiger partial charge in [-0.25, -0.2) is 0 Å². The van der Waals surface area contributed by atoms with Crippen LogP contribution in [0.4, 0.5) is 17.1 Å². The number of nitrogens with zero attached hydrogens (tertiary/aromatic N) is 1. The van der Waals surface area contributed by atoms with Gasteiger partial charge in [0.15, 0.2) is 0 Å². The second-order valence-electron chi connectivity index (χ2n) is 7.22. The molecule has 0 aliphatic rings. The lowest BCUT2D eigenvalue weighted by Crippen LogP contribution is -2.35. The van der Waals surface area contributed by atoms with Gasteiger partial charge in [-0.05, 0) is 55.3 Å². The van der Waals surface area contributed by atoms with E-state index in [9.17, 15) is 9.59 Å². The predicted octanol–water partition coefficient (Wildman–Crippen LogP) is 6.06. The molecule has 0 unspecified atom stereocenters. The Morgan fingerprint density at radius 1 is 0.871 bits per heavy atom. The molecule has 2 N–H and O–H groups in total. The molecule has 0 atom stereocenters. The highest BCUT2D eigenvalue weighted by atomic mass is 35.5. The maximum Gasteiger partial charge on any atom is 0.256 e. The van der Waals surface area contributed by atoms with Crippen LogP contribution in [-0.4, -0.2) is 30.3 Å². The van der Waals surface area contributed by atoms with Gasteiger partial charge in [0.25, 0.3) is 5.91 Å². The number of likely N-dealkylation sites (N-methyl/N-ethyl adjacent to an activating group) is 1. The molecule has 0 saturated carbocycles. The van der Waals surface area contributed by atoms with E-state index in [4.69, 9.17) is 23.2 Å². The summed E-state index contributed by atoms with van der Waals surface area (Å²) in [6.07, 6.45) is 0. The van der Waals surface area contributed by atoms with Gasteiger partial charge in [0.05, 0.1) is 33.5 Å². The molecule has 7 heteroatoms. The highest BCUT2D eigenvalue weighted by Crippen LogP contribution is 2.30. The van der Waals surface area contributed by atoms with Crippen LogP contribution in [0.5, 0.6) is 0 Å². The number of carbonyl (C=O) groups is 2. The average Bonchev–Trinajstić information content (AvgIpc) is 2.74. The summed E-state index contributed by atoms with van der Waals surface area (Å²) in [4.78, 5) is 26.9. The maximum absolute atomic E-state index is 13.1. The van der Waals surface area contributed by atoms with E-state index >= 15 is 0 Å². The van der Waals surface area contributed by atoms with Crippen LogP contribution in [0, 0.1) is 13.8 Å². The van der Waals surface area contributed by atoms with E-state index in [0.29, 0.717) is 27.0 Å². The Bertz CT molecular complexity index is 1110. The highest BCUT2D eigenvalue weighted by Gasteiger charge is 2.19. The zero-order valence-corrected chi connectivity index (χ0v) is 19.0. The average molecular weight is 456 g/mol. The Balaban J connectivity index is 1.75. The van der Waals surface area contributed by atoms with Crippen molar-refractivity contribution in [2.75, 3.05) is 24.2 Å². The molecule has 0 heterocycles. The Hall–Kier alpha value is -3.02. The van der Waals surface area contributed by atoms with Crippen molar-refractivity contribution in [1.29, 1.82) is 0 Å². The fourth-order valence-corrected chi connectivity index (χ4v) is 3.59. The summed E-state index contributed by atoms with van der Waals surface area (Å²) < 4.78 is 0. The summed E-state index contributed by atoms with van der Waals surface area (Å²) in [5.74, 6) is -0.681. The lowest BCUT2D eigenvalue weighted by molar-refractivity contribution is -0.116. The minimum atomic E-state index is -0.397. The second-order valence-corrected chi connectivity index (χ2v) is 8.04. The molecule has 3 rings (SSSR count).